The van der Waals surface area contributed by atoms with Crippen LogP contribution in [0.1, 0.15) is 0 Å². The lowest BCUT2D eigenvalue weighted by Crippen LogP contribution is -1.86. The first kappa shape index (κ1) is 8.38. The largest absolute Gasteiger partial charge is 0.236 e. The van der Waals surface area contributed by atoms with E-state index in [1.807, 2.05) is 0 Å². The highest BCUT2D eigenvalue weighted by molar-refractivity contribution is 6.29. The molecule has 0 amide bonds. The number of nitrogens with zero attached hydrogens (tertiary/aromatic N) is 1. The van der Waals surface area contributed by atoms with Gasteiger partial charge in [0.2, 0.25) is 0 Å². The first-order valence-corrected chi connectivity index (χ1v) is 3.96. The third-order valence-electron chi connectivity index (χ3n) is 1.69. The first-order chi connectivity index (χ1) is 6.16. The Labute approximate surface area is 78.0 Å². The average molecular weight is 200 g/mol. The summed E-state index contributed by atoms with van der Waals surface area (Å²) in [4.78, 5) is 3.78. The fourth-order valence-electron chi connectivity index (χ4n) is 1.13. The van der Waals surface area contributed by atoms with Gasteiger partial charge in [-0.15, -0.1) is 0 Å². The second-order valence-electron chi connectivity index (χ2n) is 2.59. The van der Waals surface area contributed by atoms with Crippen LogP contribution in [0.3, 0.4) is 0 Å². The van der Waals surface area contributed by atoms with Gasteiger partial charge in [0.15, 0.2) is 0 Å². The molecule has 0 N–H and O–H groups in total. The van der Waals surface area contributed by atoms with Gasteiger partial charge < -0.3 is 0 Å². The van der Waals surface area contributed by atoms with E-state index in [0.29, 0.717) is 0 Å². The highest BCUT2D eigenvalue weighted by Crippen LogP contribution is 2.19. The van der Waals surface area contributed by atoms with E-state index in [4.69, 9.17) is 11.6 Å². The van der Waals surface area contributed by atoms with Crippen LogP contribution in [-0.2, 0) is 0 Å². The molecule has 2 aromatic rings. The summed E-state index contributed by atoms with van der Waals surface area (Å²) in [6, 6.07) is 4.90. The van der Waals surface area contributed by atoms with Crippen molar-refractivity contribution in [3.63, 3.8) is 0 Å². The second kappa shape index (κ2) is 2.92. The van der Waals surface area contributed by atoms with Gasteiger partial charge in [-0.2, -0.15) is 0 Å². The molecule has 4 heteroatoms. The van der Waals surface area contributed by atoms with E-state index >= 15 is 0 Å². The maximum atomic E-state index is 13.1. The van der Waals surface area contributed by atoms with E-state index in [9.17, 15) is 8.78 Å². The van der Waals surface area contributed by atoms with E-state index < -0.39 is 11.6 Å². The van der Waals surface area contributed by atoms with Crippen molar-refractivity contribution in [2.75, 3.05) is 0 Å². The van der Waals surface area contributed by atoms with Gasteiger partial charge in [0.1, 0.15) is 16.8 Å². The molecule has 0 aliphatic carbocycles. The molecule has 1 heterocycles. The van der Waals surface area contributed by atoms with Crippen molar-refractivity contribution in [3.8, 4) is 0 Å². The van der Waals surface area contributed by atoms with Crippen LogP contribution in [0.4, 0.5) is 8.78 Å². The molecule has 13 heavy (non-hydrogen) atoms. The number of hydrogen-bond donors (Lipinski definition) is 0. The van der Waals surface area contributed by atoms with Crippen molar-refractivity contribution >= 4 is 22.5 Å². The number of aromatic nitrogens is 1. The van der Waals surface area contributed by atoms with Crippen molar-refractivity contribution in [2.24, 2.45) is 0 Å². The summed E-state index contributed by atoms with van der Waals surface area (Å²) in [5.41, 5.74) is 0.227. The number of benzene rings is 1. The molecule has 0 radical (unpaired) electrons. The third-order valence-corrected chi connectivity index (χ3v) is 1.90. The van der Waals surface area contributed by atoms with Crippen molar-refractivity contribution < 1.29 is 8.78 Å². The van der Waals surface area contributed by atoms with E-state index in [2.05, 4.69) is 4.98 Å². The summed E-state index contributed by atoms with van der Waals surface area (Å²) in [5, 5.41) is 0.489. The van der Waals surface area contributed by atoms with E-state index in [1.165, 1.54) is 12.1 Å². The Morgan fingerprint density at radius 3 is 2.69 bits per heavy atom. The number of fused-ring (bicyclic) bond motifs is 1. The fourth-order valence-corrected chi connectivity index (χ4v) is 1.29. The molecule has 0 atom stereocenters. The summed E-state index contributed by atoms with van der Waals surface area (Å²) >= 11 is 5.57. The van der Waals surface area contributed by atoms with Gasteiger partial charge in [-0.1, -0.05) is 11.6 Å². The Hall–Kier alpha value is -1.22. The summed E-state index contributed by atoms with van der Waals surface area (Å²) in [6.45, 7) is 0. The minimum absolute atomic E-state index is 0.220. The molecule has 1 nitrogen and oxygen atoms in total. The SMILES string of the molecule is Fc1cc(F)c2ccc(Cl)nc2c1. The van der Waals surface area contributed by atoms with E-state index in [0.717, 1.165) is 12.1 Å². The molecule has 0 spiro atoms. The summed E-state index contributed by atoms with van der Waals surface area (Å²) in [7, 11) is 0. The smallest absolute Gasteiger partial charge is 0.135 e. The molecule has 0 bridgehead atoms. The minimum Gasteiger partial charge on any atom is -0.236 e. The van der Waals surface area contributed by atoms with Gasteiger partial charge in [-0.3, -0.25) is 0 Å². The zero-order chi connectivity index (χ0) is 9.42. The maximum absolute atomic E-state index is 13.1. The lowest BCUT2D eigenvalue weighted by Gasteiger charge is -1.98. The molecule has 0 aliphatic rings. The monoisotopic (exact) mass is 199 g/mol. The van der Waals surface area contributed by atoms with Crippen molar-refractivity contribution in [3.05, 3.63) is 41.1 Å². The van der Waals surface area contributed by atoms with Gasteiger partial charge in [-0.25, -0.2) is 13.8 Å². The number of hydrogen-bond acceptors (Lipinski definition) is 1. The quantitative estimate of drug-likeness (QED) is 0.594. The lowest BCUT2D eigenvalue weighted by atomic mass is 10.2. The Morgan fingerprint density at radius 1 is 1.15 bits per heavy atom. The van der Waals surface area contributed by atoms with E-state index in [1.54, 1.807) is 0 Å². The van der Waals surface area contributed by atoms with Crippen LogP contribution >= 0.6 is 11.6 Å². The number of pyridine rings is 1. The molecule has 0 fully saturated rings. The third kappa shape index (κ3) is 1.47. The zero-order valence-electron chi connectivity index (χ0n) is 6.39. The van der Waals surface area contributed by atoms with Gasteiger partial charge in [0, 0.05) is 17.5 Å². The normalized spacial score (nSPS) is 10.7. The van der Waals surface area contributed by atoms with Crippen molar-refractivity contribution in [2.45, 2.75) is 0 Å². The number of halogens is 3. The minimum atomic E-state index is -0.653. The van der Waals surface area contributed by atoms with Crippen LogP contribution in [0.25, 0.3) is 10.9 Å². The predicted molar refractivity (Wildman–Crippen MR) is 46.7 cm³/mol. The Balaban J connectivity index is 2.86. The maximum Gasteiger partial charge on any atom is 0.135 e. The second-order valence-corrected chi connectivity index (χ2v) is 2.98. The Bertz CT molecular complexity index is 465. The fraction of sp³-hybridized carbons (Fsp3) is 0. The van der Waals surface area contributed by atoms with Crippen LogP contribution in [0.5, 0.6) is 0 Å². The summed E-state index contributed by atoms with van der Waals surface area (Å²) in [6.07, 6.45) is 0. The average Bonchev–Trinajstić information content (AvgIpc) is 2.02. The molecule has 1 aromatic carbocycles. The molecule has 0 saturated carbocycles. The summed E-state index contributed by atoms with van der Waals surface area (Å²) in [5.74, 6) is -1.28. The van der Waals surface area contributed by atoms with Gasteiger partial charge in [0.25, 0.3) is 0 Å². The van der Waals surface area contributed by atoms with Gasteiger partial charge in [-0.05, 0) is 12.1 Å². The molecule has 0 saturated heterocycles. The predicted octanol–water partition coefficient (Wildman–Crippen LogP) is 3.17. The molecule has 66 valence electrons. The van der Waals surface area contributed by atoms with Crippen LogP contribution in [0, 0.1) is 11.6 Å². The molecule has 2 rings (SSSR count). The molecule has 0 aliphatic heterocycles. The molecule has 1 aromatic heterocycles. The highest BCUT2D eigenvalue weighted by atomic mass is 35.5. The standard InChI is InChI=1S/C9H4ClF2N/c10-9-2-1-6-7(12)3-5(11)4-8(6)13-9/h1-4H. The van der Waals surface area contributed by atoms with Crippen LogP contribution < -0.4 is 0 Å². The zero-order valence-corrected chi connectivity index (χ0v) is 7.15. The number of rotatable bonds is 0. The highest BCUT2D eigenvalue weighted by Gasteiger charge is 2.04. The van der Waals surface area contributed by atoms with Crippen LogP contribution in [0.15, 0.2) is 24.3 Å². The Kier molecular flexibility index (Phi) is 1.88. The van der Waals surface area contributed by atoms with Crippen LogP contribution in [0.2, 0.25) is 5.15 Å². The van der Waals surface area contributed by atoms with E-state index in [-0.39, 0.29) is 16.1 Å². The van der Waals surface area contributed by atoms with Crippen molar-refractivity contribution in [1.29, 1.82) is 0 Å². The first-order valence-electron chi connectivity index (χ1n) is 3.58. The Morgan fingerprint density at radius 2 is 1.92 bits per heavy atom. The van der Waals surface area contributed by atoms with Crippen molar-refractivity contribution in [1.82, 2.24) is 4.98 Å². The molecular formula is C9H4ClF2N. The summed E-state index contributed by atoms with van der Waals surface area (Å²) < 4.78 is 25.8. The topological polar surface area (TPSA) is 12.9 Å². The van der Waals surface area contributed by atoms with Gasteiger partial charge >= 0.3 is 0 Å². The van der Waals surface area contributed by atoms with Crippen LogP contribution in [-0.4, -0.2) is 4.98 Å². The molecular weight excluding hydrogens is 196 g/mol. The molecule has 0 unspecified atom stereocenters. The van der Waals surface area contributed by atoms with Gasteiger partial charge in [0.05, 0.1) is 5.52 Å². The lowest BCUT2D eigenvalue weighted by molar-refractivity contribution is 0.591.